The lowest BCUT2D eigenvalue weighted by molar-refractivity contribution is -0.384. The summed E-state index contributed by atoms with van der Waals surface area (Å²) in [5.41, 5.74) is 3.92. The number of nitrogens with zero attached hydrogens (tertiary/aromatic N) is 5. The van der Waals surface area contributed by atoms with Crippen LogP contribution in [0.2, 0.25) is 0 Å². The summed E-state index contributed by atoms with van der Waals surface area (Å²) in [5, 5.41) is 16.0. The number of H-pyrrole nitrogens is 1. The van der Waals surface area contributed by atoms with Crippen molar-refractivity contribution in [1.29, 1.82) is 0 Å². The third kappa shape index (κ3) is 10.6. The summed E-state index contributed by atoms with van der Waals surface area (Å²) in [6.45, 7) is 8.89. The molecule has 1 spiro atoms. The highest BCUT2D eigenvalue weighted by molar-refractivity contribution is 7.99. The number of fused-ring (bicyclic) bond motifs is 1. The average Bonchev–Trinajstić information content (AvgIpc) is 3.78. The highest BCUT2D eigenvalue weighted by Gasteiger charge is 2.50. The number of hydrogen-bond acceptors (Lipinski definition) is 13. The Morgan fingerprint density at radius 3 is 2.51 bits per heavy atom. The Morgan fingerprint density at radius 1 is 1.01 bits per heavy atom. The van der Waals surface area contributed by atoms with Crippen molar-refractivity contribution in [2.45, 2.75) is 94.2 Å². The quantitative estimate of drug-likeness (QED) is 0.0392. The molecule has 9 rings (SSSR count). The fourth-order valence-corrected chi connectivity index (χ4v) is 12.9. The molecule has 4 fully saturated rings. The molecule has 5 aromatic rings. The summed E-state index contributed by atoms with van der Waals surface area (Å²) in [5.74, 6) is 0.0604. The number of pyridine rings is 2. The molecule has 2 aliphatic carbocycles. The number of sulfonamides is 1. The molecule has 3 aromatic heterocycles. The third-order valence-corrected chi connectivity index (χ3v) is 16.7. The maximum Gasteiger partial charge on any atom is 0.312 e. The maximum absolute atomic E-state index is 14.0. The number of benzene rings is 2. The van der Waals surface area contributed by atoms with E-state index in [0.29, 0.717) is 36.5 Å². The predicted octanol–water partition coefficient (Wildman–Crippen LogP) is 7.47. The zero-order valence-electron chi connectivity index (χ0n) is 39.1. The van der Waals surface area contributed by atoms with Gasteiger partial charge in [0.15, 0.2) is 0 Å². The molecule has 2 saturated carbocycles. The van der Waals surface area contributed by atoms with Gasteiger partial charge in [-0.25, -0.2) is 23.1 Å². The zero-order chi connectivity index (χ0) is 47.8. The molecule has 0 radical (unpaired) electrons. The largest absolute Gasteiger partial charge is 0.455 e. The molecule has 17 nitrogen and oxygen atoms in total. The van der Waals surface area contributed by atoms with Gasteiger partial charge in [0.05, 0.1) is 42.1 Å². The molecule has 68 heavy (non-hydrogen) atoms. The summed E-state index contributed by atoms with van der Waals surface area (Å²) in [6, 6.07) is 19.3. The number of morpholine rings is 1. The number of carbonyl (C=O) groups excluding carboxylic acids is 1. The number of aromatic amines is 1. The smallest absolute Gasteiger partial charge is 0.312 e. The Labute approximate surface area is 398 Å². The van der Waals surface area contributed by atoms with E-state index in [4.69, 9.17) is 9.47 Å². The van der Waals surface area contributed by atoms with Gasteiger partial charge in [0.2, 0.25) is 5.82 Å². The van der Waals surface area contributed by atoms with Gasteiger partial charge in [-0.05, 0) is 104 Å². The van der Waals surface area contributed by atoms with Crippen LogP contribution in [-0.2, 0) is 24.9 Å². The minimum absolute atomic E-state index is 0.0488. The van der Waals surface area contributed by atoms with Crippen LogP contribution in [0.5, 0.6) is 11.5 Å². The van der Waals surface area contributed by atoms with Crippen LogP contribution in [0.1, 0.15) is 98.7 Å². The first-order valence-corrected chi connectivity index (χ1v) is 27.8. The summed E-state index contributed by atoms with van der Waals surface area (Å²) < 4.78 is 57.5. The molecular weight excluding hydrogens is 907 g/mol. The van der Waals surface area contributed by atoms with Crippen LogP contribution in [0.25, 0.3) is 11.0 Å². The second-order valence-electron chi connectivity index (χ2n) is 19.8. The molecular formula is C49H63N9O8S2. The number of carbonyl (C=O) groups is 1. The molecule has 19 heteroatoms. The van der Waals surface area contributed by atoms with Crippen LogP contribution in [0.3, 0.4) is 0 Å². The first kappa shape index (κ1) is 47.6. The van der Waals surface area contributed by atoms with E-state index in [1.165, 1.54) is 17.3 Å². The van der Waals surface area contributed by atoms with Crippen molar-refractivity contribution < 1.29 is 31.8 Å². The minimum atomic E-state index is -4.64. The molecule has 1 atom stereocenters. The molecule has 4 N–H and O–H groups in total. The van der Waals surface area contributed by atoms with E-state index >= 15 is 0 Å². The summed E-state index contributed by atoms with van der Waals surface area (Å²) >= 11 is 0. The second kappa shape index (κ2) is 19.5. The monoisotopic (exact) mass is 969 g/mol. The Balaban J connectivity index is 0.881. The number of amides is 1. The van der Waals surface area contributed by atoms with Gasteiger partial charge in [0.25, 0.3) is 15.9 Å². The van der Waals surface area contributed by atoms with Crippen LogP contribution in [0.15, 0.2) is 84.1 Å². The normalized spacial score (nSPS) is 21.7. The standard InChI is InChI=1S/C49H63N9O8S2/c1-32(2)40-7-5-6-8-41(40)44-31-65-22-21-57(44)37-26-49(27-37)16-19-56(20-17-49)36-13-14-42(45(24-36)66-38-23-34-15-18-50-46(34)52-29-38)48(59)55-68(63,64)39-25-43(58(60)61)47(53-30-39)51-28-33-9-11-35(12-10-33)54-67(3,4)62/h5-8,13-15,18,23-25,29-30,32-33,35,37,44,67H,9-12,16-17,19-22,26-28,31H2,1-4H3,(H,50,52)(H,51,53)(H,54,62)(H,55,59)/t33-,35-,44-/m0/s1. The van der Waals surface area contributed by atoms with Crippen LogP contribution in [0.4, 0.5) is 17.2 Å². The first-order chi connectivity index (χ1) is 32.5. The first-order valence-electron chi connectivity index (χ1n) is 23.7. The molecule has 0 bridgehead atoms. The Morgan fingerprint density at radius 2 is 1.78 bits per heavy atom. The van der Waals surface area contributed by atoms with E-state index in [9.17, 15) is 27.5 Å². The molecule has 1 amide bonds. The number of hydrogen-bond donors (Lipinski definition) is 5. The molecule has 364 valence electrons. The summed E-state index contributed by atoms with van der Waals surface area (Å²) in [7, 11) is -7.01. The number of nitrogens with one attached hydrogen (secondary N) is 4. The van der Waals surface area contributed by atoms with Crippen molar-refractivity contribution in [3.63, 3.8) is 0 Å². The van der Waals surface area contributed by atoms with Crippen LogP contribution in [0, 0.1) is 21.4 Å². The fourth-order valence-electron chi connectivity index (χ4n) is 10.8. The Hall–Kier alpha value is -5.47. The van der Waals surface area contributed by atoms with E-state index in [1.54, 1.807) is 43.0 Å². The Kier molecular flexibility index (Phi) is 13.6. The number of thiol groups is 1. The molecule has 4 aliphatic rings. The van der Waals surface area contributed by atoms with E-state index in [2.05, 4.69) is 77.6 Å². The van der Waals surface area contributed by atoms with E-state index in [0.717, 1.165) is 101 Å². The van der Waals surface area contributed by atoms with Crippen LogP contribution in [-0.4, -0.2) is 107 Å². The van der Waals surface area contributed by atoms with Crippen molar-refractivity contribution >= 4 is 54.3 Å². The van der Waals surface area contributed by atoms with Gasteiger partial charge < -0.3 is 24.7 Å². The van der Waals surface area contributed by atoms with Crippen LogP contribution < -0.4 is 24.4 Å². The lowest BCUT2D eigenvalue weighted by atomic mass is 9.59. The van der Waals surface area contributed by atoms with Crippen molar-refractivity contribution in [2.24, 2.45) is 11.3 Å². The molecule has 2 aliphatic heterocycles. The second-order valence-corrected chi connectivity index (χ2v) is 24.5. The van der Waals surface area contributed by atoms with E-state index < -0.39 is 41.6 Å². The number of piperidine rings is 1. The average molecular weight is 970 g/mol. The van der Waals surface area contributed by atoms with Gasteiger partial charge in [-0.1, -0.05) is 48.2 Å². The zero-order valence-corrected chi connectivity index (χ0v) is 40.9. The summed E-state index contributed by atoms with van der Waals surface area (Å²) in [4.78, 5) is 41.6. The predicted molar refractivity (Wildman–Crippen MR) is 265 cm³/mol. The van der Waals surface area contributed by atoms with Gasteiger partial charge in [0.1, 0.15) is 22.0 Å². The fraction of sp³-hybridized carbons (Fsp3) is 0.490. The van der Waals surface area contributed by atoms with Crippen molar-refractivity contribution in [2.75, 3.05) is 62.1 Å². The van der Waals surface area contributed by atoms with Crippen molar-refractivity contribution in [3.05, 3.63) is 106 Å². The number of rotatable bonds is 15. The maximum atomic E-state index is 14.0. The van der Waals surface area contributed by atoms with Gasteiger partial charge in [0, 0.05) is 80.2 Å². The molecule has 0 unspecified atom stereocenters. The number of anilines is 2. The van der Waals surface area contributed by atoms with E-state index in [1.807, 2.05) is 6.07 Å². The van der Waals surface area contributed by atoms with Crippen molar-refractivity contribution in [3.8, 4) is 11.5 Å². The van der Waals surface area contributed by atoms with Gasteiger partial charge >= 0.3 is 5.69 Å². The summed E-state index contributed by atoms with van der Waals surface area (Å²) in [6.07, 6.45) is 15.3. The molecule has 5 heterocycles. The lowest BCUT2D eigenvalue weighted by Crippen LogP contribution is -2.58. The van der Waals surface area contributed by atoms with Crippen LogP contribution >= 0.6 is 0 Å². The van der Waals surface area contributed by atoms with Gasteiger partial charge in [-0.2, -0.15) is 0 Å². The highest BCUT2D eigenvalue weighted by atomic mass is 32.3. The van der Waals surface area contributed by atoms with Gasteiger partial charge in [-0.15, -0.1) is 0 Å². The number of aromatic nitrogens is 3. The Bertz CT molecular complexity index is 2810. The molecule has 2 saturated heterocycles. The SMILES string of the molecule is CC(C)c1ccccc1[C@@H]1COCCN1C1CC2(CCN(c3ccc(C(=O)NS(=O)(=O)c4cnc(NC[C@H]5CC[C@H](N[SH](C)(C)=O)CC5)c([N+](=O)[O-])c4)c(Oc4cnc5[nH]ccc5c4)c3)CC2)C1. The number of ether oxygens (including phenoxy) is 2. The lowest BCUT2D eigenvalue weighted by Gasteiger charge is -2.57. The third-order valence-electron chi connectivity index (χ3n) is 14.4. The van der Waals surface area contributed by atoms with Crippen molar-refractivity contribution in [1.82, 2.24) is 29.3 Å². The molecule has 2 aromatic carbocycles. The highest BCUT2D eigenvalue weighted by Crippen LogP contribution is 2.53. The van der Waals surface area contributed by atoms with E-state index in [-0.39, 0.29) is 40.5 Å². The van der Waals surface area contributed by atoms with Gasteiger partial charge in [-0.3, -0.25) is 28.7 Å². The number of nitro groups is 1. The topological polar surface area (TPSA) is 214 Å². The minimum Gasteiger partial charge on any atom is -0.455 e.